The van der Waals surface area contributed by atoms with Gasteiger partial charge in [-0.05, 0) is 63.8 Å². The monoisotopic (exact) mass is 760 g/mol. The number of halogens is 1. The van der Waals surface area contributed by atoms with E-state index >= 15 is 0 Å². The fourth-order valence-corrected chi connectivity index (χ4v) is 8.13. The fourth-order valence-electron chi connectivity index (χ4n) is 6.45. The smallest absolute Gasteiger partial charge is 0.360 e. The van der Waals surface area contributed by atoms with E-state index in [0.29, 0.717) is 30.1 Å². The van der Waals surface area contributed by atoms with Crippen molar-refractivity contribution in [2.75, 3.05) is 13.1 Å². The van der Waals surface area contributed by atoms with Crippen LogP contribution in [-0.2, 0) is 25.5 Å². The summed E-state index contributed by atoms with van der Waals surface area (Å²) in [7, 11) is -4.56. The number of benzene rings is 2. The van der Waals surface area contributed by atoms with Gasteiger partial charge >= 0.3 is 5.97 Å². The van der Waals surface area contributed by atoms with Crippen LogP contribution in [0, 0.1) is 21.4 Å². The Kier molecular flexibility index (Phi) is 13.6. The van der Waals surface area contributed by atoms with E-state index in [0.717, 1.165) is 44.2 Å². The molecule has 0 bridgehead atoms. The van der Waals surface area contributed by atoms with Crippen LogP contribution in [0.3, 0.4) is 0 Å². The van der Waals surface area contributed by atoms with Crippen molar-refractivity contribution in [3.63, 3.8) is 0 Å². The maximum Gasteiger partial charge on any atom is 0.360 e. The molecule has 4 N–H and O–H groups in total. The van der Waals surface area contributed by atoms with Crippen molar-refractivity contribution in [1.29, 1.82) is 5.41 Å². The van der Waals surface area contributed by atoms with E-state index in [2.05, 4.69) is 10.4 Å². The van der Waals surface area contributed by atoms with Crippen molar-refractivity contribution >= 4 is 56.4 Å². The number of nitrogens with one attached hydrogen (secondary N) is 2. The highest BCUT2D eigenvalue weighted by atomic mass is 35.5. The zero-order valence-corrected chi connectivity index (χ0v) is 31.8. The summed E-state index contributed by atoms with van der Waals surface area (Å²) < 4.78 is 28.7. The van der Waals surface area contributed by atoms with Crippen LogP contribution < -0.4 is 5.43 Å². The Morgan fingerprint density at radius 3 is 2.31 bits per heavy atom. The lowest BCUT2D eigenvalue weighted by Gasteiger charge is -2.39. The van der Waals surface area contributed by atoms with Gasteiger partial charge in [0.1, 0.15) is 16.5 Å². The number of nitro benzene ring substituents is 1. The maximum absolute atomic E-state index is 14.2. The summed E-state index contributed by atoms with van der Waals surface area (Å²) >= 11 is 6.10. The second kappa shape index (κ2) is 17.3. The summed E-state index contributed by atoms with van der Waals surface area (Å²) in [6.45, 7) is 9.20. The number of para-hydroxylation sites is 1. The van der Waals surface area contributed by atoms with E-state index in [1.54, 1.807) is 50.0 Å². The highest BCUT2D eigenvalue weighted by molar-refractivity contribution is 8.38. The van der Waals surface area contributed by atoms with Gasteiger partial charge in [-0.1, -0.05) is 69.0 Å². The molecule has 52 heavy (non-hydrogen) atoms. The fraction of sp³-hybridized carbons (Fsp3) is 0.528. The number of hydrazine groups is 1. The van der Waals surface area contributed by atoms with Crippen molar-refractivity contribution in [2.24, 2.45) is 10.9 Å². The highest BCUT2D eigenvalue weighted by Crippen LogP contribution is 2.54. The van der Waals surface area contributed by atoms with Crippen molar-refractivity contribution in [3.8, 4) is 0 Å². The Bertz CT molecular complexity index is 1670. The van der Waals surface area contributed by atoms with Crippen LogP contribution in [0.1, 0.15) is 78.7 Å². The molecule has 0 aromatic heterocycles. The van der Waals surface area contributed by atoms with Crippen LogP contribution in [0.15, 0.2) is 58.4 Å². The van der Waals surface area contributed by atoms with Crippen molar-refractivity contribution in [3.05, 3.63) is 69.2 Å². The predicted octanol–water partition coefficient (Wildman–Crippen LogP) is 6.65. The van der Waals surface area contributed by atoms with Crippen molar-refractivity contribution in [1.82, 2.24) is 15.3 Å². The molecule has 2 fully saturated rings. The lowest BCUT2D eigenvalue weighted by molar-refractivity contribution is -0.387. The molecule has 2 amide bonds. The average Bonchev–Trinajstić information content (AvgIpc) is 3.54. The molecule has 1 heterocycles. The van der Waals surface area contributed by atoms with Gasteiger partial charge in [-0.25, -0.2) is 9.80 Å². The number of esters is 1. The quantitative estimate of drug-likeness (QED) is 0.0601. The number of aliphatic imine (C=N–C) groups is 1. The largest absolute Gasteiger partial charge is 0.455 e. The number of amides is 2. The summed E-state index contributed by atoms with van der Waals surface area (Å²) in [4.78, 5) is 57.8. The molecule has 16 heteroatoms. The Morgan fingerprint density at radius 1 is 1.08 bits per heavy atom. The van der Waals surface area contributed by atoms with Crippen LogP contribution in [0.5, 0.6) is 0 Å². The standard InChI is InChI=1S/C36H49ClN6O8S/c1-23(2)34(45)42(26-11-7-6-8-12-26)27-19-20-41(22-27)40-32(44)28(21-24-15-17-25(37)18-16-24)39-33(31(38)35(46)51-36(3,4)5)52(49,50)30-14-10-9-13-29(30)43(47)48/h9-10,13-18,23,26-28,38,49-50H,6-8,11-12,19-22H2,1-5H3,(H,40,44)/t27-,28+/m0/s1. The van der Waals surface area contributed by atoms with Gasteiger partial charge in [-0.2, -0.15) is 0 Å². The number of hydrogen-bond donors (Lipinski definition) is 4. The Balaban J connectivity index is 1.73. The van der Waals surface area contributed by atoms with E-state index in [1.165, 1.54) is 12.1 Å². The zero-order chi connectivity index (χ0) is 38.4. The first kappa shape index (κ1) is 40.9. The average molecular weight is 761 g/mol. The minimum Gasteiger partial charge on any atom is -0.455 e. The minimum atomic E-state index is -4.56. The second-order valence-corrected chi connectivity index (χ2v) is 16.8. The molecule has 1 saturated heterocycles. The third kappa shape index (κ3) is 10.4. The van der Waals surface area contributed by atoms with Gasteiger partial charge in [-0.15, -0.1) is 10.6 Å². The molecule has 1 saturated carbocycles. The number of rotatable bonds is 12. The molecule has 2 aromatic rings. The van der Waals surface area contributed by atoms with Crippen molar-refractivity contribution in [2.45, 2.75) is 108 Å². The van der Waals surface area contributed by atoms with Gasteiger partial charge < -0.3 is 9.64 Å². The third-order valence-corrected chi connectivity index (χ3v) is 11.0. The highest BCUT2D eigenvalue weighted by Gasteiger charge is 2.40. The molecule has 0 spiro atoms. The second-order valence-electron chi connectivity index (χ2n) is 14.5. The first-order valence-corrected chi connectivity index (χ1v) is 19.3. The summed E-state index contributed by atoms with van der Waals surface area (Å²) in [5, 5.41) is 21.9. The molecule has 2 aliphatic rings. The topological polar surface area (TPSA) is 199 Å². The van der Waals surface area contributed by atoms with Crippen LogP contribution in [0.4, 0.5) is 5.69 Å². The number of nitrogens with zero attached hydrogens (tertiary/aromatic N) is 4. The van der Waals surface area contributed by atoms with Gasteiger partial charge in [0, 0.05) is 48.6 Å². The van der Waals surface area contributed by atoms with Crippen LogP contribution in [0.2, 0.25) is 5.02 Å². The lowest BCUT2D eigenvalue weighted by atomic mass is 9.92. The number of ether oxygens (including phenoxy) is 1. The van der Waals surface area contributed by atoms with Crippen LogP contribution in [-0.4, -0.2) is 89.3 Å². The predicted molar refractivity (Wildman–Crippen MR) is 201 cm³/mol. The number of nitro groups is 1. The van der Waals surface area contributed by atoms with E-state index < -0.39 is 60.4 Å². The van der Waals surface area contributed by atoms with Gasteiger partial charge in [0.15, 0.2) is 10.8 Å². The summed E-state index contributed by atoms with van der Waals surface area (Å²) in [5.74, 6) is -2.08. The lowest BCUT2D eigenvalue weighted by Crippen LogP contribution is -2.52. The molecule has 1 aliphatic heterocycles. The van der Waals surface area contributed by atoms with E-state index in [4.69, 9.17) is 21.7 Å². The number of carbonyl (C=O) groups excluding carboxylic acids is 3. The first-order chi connectivity index (χ1) is 24.4. The third-order valence-electron chi connectivity index (χ3n) is 8.91. The minimum absolute atomic E-state index is 0.0702. The normalized spacial score (nSPS) is 18.5. The van der Waals surface area contributed by atoms with E-state index in [9.17, 15) is 33.6 Å². The molecule has 2 aromatic carbocycles. The summed E-state index contributed by atoms with van der Waals surface area (Å²) in [5.41, 5.74) is 0.610. The zero-order valence-electron chi connectivity index (χ0n) is 30.2. The van der Waals surface area contributed by atoms with Gasteiger partial charge in [0.2, 0.25) is 5.91 Å². The van der Waals surface area contributed by atoms with Gasteiger partial charge in [0.25, 0.3) is 11.6 Å². The Morgan fingerprint density at radius 2 is 1.71 bits per heavy atom. The summed E-state index contributed by atoms with van der Waals surface area (Å²) in [6.07, 6.45) is 5.59. The maximum atomic E-state index is 14.2. The molecular weight excluding hydrogens is 712 g/mol. The van der Waals surface area contributed by atoms with Gasteiger partial charge in [0.05, 0.1) is 4.92 Å². The SMILES string of the molecule is CC(C)C(=O)N(C1CCCCC1)[C@H]1CCN(NC(=O)[C@@H](Cc2ccc(Cl)cc2)N=C(C(=N)C(=O)OC(C)(C)C)S(O)(O)c2ccccc2[N+](=O)[O-])C1. The number of carbonyl (C=O) groups is 3. The van der Waals surface area contributed by atoms with E-state index in [1.807, 2.05) is 18.7 Å². The Hall–Kier alpha value is -3.89. The molecule has 284 valence electrons. The molecule has 2 atom stereocenters. The van der Waals surface area contributed by atoms with E-state index in [-0.39, 0.29) is 30.3 Å². The summed E-state index contributed by atoms with van der Waals surface area (Å²) in [6, 6.07) is 9.88. The van der Waals surface area contributed by atoms with Crippen LogP contribution in [0.25, 0.3) is 0 Å². The number of hydrogen-bond acceptors (Lipinski definition) is 11. The molecule has 0 radical (unpaired) electrons. The first-order valence-electron chi connectivity index (χ1n) is 17.4. The molecule has 1 aliphatic carbocycles. The molecule has 4 rings (SSSR count). The molecule has 14 nitrogen and oxygen atoms in total. The van der Waals surface area contributed by atoms with Crippen LogP contribution >= 0.6 is 22.2 Å². The Labute approximate surface area is 310 Å². The van der Waals surface area contributed by atoms with Crippen molar-refractivity contribution < 1.29 is 33.1 Å². The molecule has 0 unspecified atom stereocenters. The van der Waals surface area contributed by atoms with Gasteiger partial charge in [-0.3, -0.25) is 44.6 Å². The molecular formula is C36H49ClN6O8S.